The summed E-state index contributed by atoms with van der Waals surface area (Å²) in [5.41, 5.74) is 3.38. The van der Waals surface area contributed by atoms with Crippen molar-refractivity contribution in [3.05, 3.63) is 86.2 Å². The van der Waals surface area contributed by atoms with Crippen LogP contribution in [0.3, 0.4) is 0 Å². The lowest BCUT2D eigenvalue weighted by molar-refractivity contribution is -0.384. The molecule has 0 aliphatic carbocycles. The van der Waals surface area contributed by atoms with Gasteiger partial charge in [-0.15, -0.1) is 0 Å². The molecule has 3 aromatic rings. The second kappa shape index (κ2) is 9.76. The predicted molar refractivity (Wildman–Crippen MR) is 112 cm³/mol. The van der Waals surface area contributed by atoms with E-state index in [0.717, 1.165) is 30.6 Å². The molecule has 12 nitrogen and oxygen atoms in total. The Bertz CT molecular complexity index is 1220. The van der Waals surface area contributed by atoms with Crippen LogP contribution in [0.2, 0.25) is 0 Å². The number of nitro benzene ring substituents is 1. The van der Waals surface area contributed by atoms with E-state index in [9.17, 15) is 38.2 Å². The predicted octanol–water partition coefficient (Wildman–Crippen LogP) is 3.74. The lowest BCUT2D eigenvalue weighted by atomic mass is 10.1. The fraction of sp³-hybridized carbons (Fsp3) is 0.105. The molecule has 1 amide bonds. The van der Waals surface area contributed by atoms with Gasteiger partial charge in [0.2, 0.25) is 17.5 Å². The fourth-order valence-electron chi connectivity index (χ4n) is 2.71. The maximum atomic E-state index is 12.7. The highest BCUT2D eigenvalue weighted by atomic mass is 19.4. The number of hydrogen-bond donors (Lipinski definition) is 3. The number of rotatable bonds is 8. The number of aromatic nitrogens is 2. The van der Waals surface area contributed by atoms with Crippen molar-refractivity contribution < 1.29 is 27.8 Å². The van der Waals surface area contributed by atoms with E-state index in [1.165, 1.54) is 24.3 Å². The minimum absolute atomic E-state index is 0.1000. The van der Waals surface area contributed by atoms with E-state index >= 15 is 0 Å². The molecule has 0 bridgehead atoms. The first-order valence-corrected chi connectivity index (χ1v) is 9.26. The number of hydrogen-bond acceptors (Lipinski definition) is 9. The molecule has 0 aliphatic rings. The zero-order valence-corrected chi connectivity index (χ0v) is 16.9. The number of amides is 1. The Morgan fingerprint density at radius 1 is 0.912 bits per heavy atom. The van der Waals surface area contributed by atoms with Crippen molar-refractivity contribution in [2.45, 2.75) is 12.6 Å². The highest BCUT2D eigenvalue weighted by molar-refractivity contribution is 5.81. The zero-order chi connectivity index (χ0) is 24.9. The molecule has 3 N–H and O–H groups in total. The maximum absolute atomic E-state index is 12.7. The third-order valence-electron chi connectivity index (χ3n) is 4.31. The molecule has 0 unspecified atom stereocenters. The summed E-state index contributed by atoms with van der Waals surface area (Å²) in [4.78, 5) is 40.4. The number of benzene rings is 2. The van der Waals surface area contributed by atoms with Gasteiger partial charge in [-0.25, -0.2) is 9.97 Å². The van der Waals surface area contributed by atoms with Crippen molar-refractivity contribution in [3.63, 3.8) is 0 Å². The average molecular weight is 477 g/mol. The summed E-state index contributed by atoms with van der Waals surface area (Å²) in [6, 6.07) is 8.98. The highest BCUT2D eigenvalue weighted by Gasteiger charge is 2.30. The first-order valence-electron chi connectivity index (χ1n) is 9.26. The Labute approximate surface area is 188 Å². The summed E-state index contributed by atoms with van der Waals surface area (Å²) in [5, 5.41) is 24.8. The van der Waals surface area contributed by atoms with Gasteiger partial charge in [0.1, 0.15) is 6.33 Å². The summed E-state index contributed by atoms with van der Waals surface area (Å²) in [5.74, 6) is -1.34. The smallest absolute Gasteiger partial charge is 0.334 e. The number of non-ortho nitro benzene ring substituents is 1. The van der Waals surface area contributed by atoms with Crippen molar-refractivity contribution in [2.75, 3.05) is 10.7 Å². The summed E-state index contributed by atoms with van der Waals surface area (Å²) in [7, 11) is 0. The first kappa shape index (κ1) is 23.8. The van der Waals surface area contributed by atoms with E-state index in [4.69, 9.17) is 0 Å². The number of carbonyl (C=O) groups is 1. The molecule has 2 aromatic carbocycles. The van der Waals surface area contributed by atoms with Crippen molar-refractivity contribution in [3.8, 4) is 0 Å². The molecule has 0 atom stereocenters. The fourth-order valence-corrected chi connectivity index (χ4v) is 2.71. The number of carbonyl (C=O) groups excluding carboxylic acids is 1. The number of nitrogens with zero attached hydrogens (tertiary/aromatic N) is 4. The molecule has 1 heterocycles. The van der Waals surface area contributed by atoms with Crippen LogP contribution in [0, 0.1) is 20.2 Å². The van der Waals surface area contributed by atoms with Gasteiger partial charge in [0.15, 0.2) is 0 Å². The SMILES string of the molecule is O=C(Cc1ccc([N+](=O)[O-])cc1)NNc1ncnc(Nc2ccc(C(F)(F)F)cc2)c1[N+](=O)[O-]. The van der Waals surface area contributed by atoms with Crippen LogP contribution in [-0.4, -0.2) is 25.7 Å². The number of halogens is 3. The molecule has 0 aliphatic heterocycles. The van der Waals surface area contributed by atoms with Crippen molar-refractivity contribution in [1.29, 1.82) is 0 Å². The van der Waals surface area contributed by atoms with Gasteiger partial charge < -0.3 is 5.32 Å². The van der Waals surface area contributed by atoms with E-state index in [1.54, 1.807) is 0 Å². The van der Waals surface area contributed by atoms with Crippen molar-refractivity contribution in [1.82, 2.24) is 15.4 Å². The largest absolute Gasteiger partial charge is 0.416 e. The summed E-state index contributed by atoms with van der Waals surface area (Å²) >= 11 is 0. The Morgan fingerprint density at radius 3 is 2.09 bits per heavy atom. The Kier molecular flexibility index (Phi) is 6.84. The molecule has 176 valence electrons. The molecule has 0 saturated carbocycles. The van der Waals surface area contributed by atoms with Gasteiger partial charge in [0.05, 0.1) is 21.8 Å². The topological polar surface area (TPSA) is 165 Å². The van der Waals surface area contributed by atoms with Crippen LogP contribution in [0.4, 0.5) is 41.9 Å². The first-order chi connectivity index (χ1) is 16.0. The molecule has 15 heteroatoms. The number of nitro groups is 2. The number of alkyl halides is 3. The van der Waals surface area contributed by atoms with Crippen LogP contribution >= 0.6 is 0 Å². The van der Waals surface area contributed by atoms with Crippen LogP contribution in [0.5, 0.6) is 0 Å². The monoisotopic (exact) mass is 477 g/mol. The number of nitrogens with one attached hydrogen (secondary N) is 3. The van der Waals surface area contributed by atoms with E-state index in [0.29, 0.717) is 5.56 Å². The van der Waals surface area contributed by atoms with Crippen LogP contribution in [0.15, 0.2) is 54.9 Å². The molecular formula is C19H14F3N7O5. The van der Waals surface area contributed by atoms with Crippen LogP contribution < -0.4 is 16.2 Å². The van der Waals surface area contributed by atoms with Gasteiger partial charge >= 0.3 is 11.9 Å². The third-order valence-corrected chi connectivity index (χ3v) is 4.31. The van der Waals surface area contributed by atoms with Crippen LogP contribution in [0.1, 0.15) is 11.1 Å². The highest BCUT2D eigenvalue weighted by Crippen LogP contribution is 2.33. The Hall–Kier alpha value is -4.82. The van der Waals surface area contributed by atoms with Gasteiger partial charge in [0, 0.05) is 17.8 Å². The third kappa shape index (κ3) is 5.90. The molecular weight excluding hydrogens is 463 g/mol. The number of anilines is 3. The molecule has 0 saturated heterocycles. The second-order valence-electron chi connectivity index (χ2n) is 6.65. The lowest BCUT2D eigenvalue weighted by Crippen LogP contribution is -2.31. The normalized spacial score (nSPS) is 10.9. The summed E-state index contributed by atoms with van der Waals surface area (Å²) in [6.07, 6.45) is -3.78. The van der Waals surface area contributed by atoms with E-state index in [-0.39, 0.29) is 29.4 Å². The summed E-state index contributed by atoms with van der Waals surface area (Å²) < 4.78 is 38.1. The minimum Gasteiger partial charge on any atom is -0.334 e. The summed E-state index contributed by atoms with van der Waals surface area (Å²) in [6.45, 7) is 0. The molecule has 0 spiro atoms. The van der Waals surface area contributed by atoms with Gasteiger partial charge in [-0.1, -0.05) is 12.1 Å². The van der Waals surface area contributed by atoms with Crippen LogP contribution in [-0.2, 0) is 17.4 Å². The van der Waals surface area contributed by atoms with E-state index in [1.807, 2.05) is 0 Å². The lowest BCUT2D eigenvalue weighted by Gasteiger charge is -2.12. The van der Waals surface area contributed by atoms with Crippen LogP contribution in [0.25, 0.3) is 0 Å². The van der Waals surface area contributed by atoms with Gasteiger partial charge in [0.25, 0.3) is 5.69 Å². The van der Waals surface area contributed by atoms with Gasteiger partial charge in [-0.05, 0) is 29.8 Å². The van der Waals surface area contributed by atoms with E-state index < -0.39 is 33.2 Å². The van der Waals surface area contributed by atoms with Crippen molar-refractivity contribution >= 4 is 34.6 Å². The Morgan fingerprint density at radius 2 is 1.53 bits per heavy atom. The Balaban J connectivity index is 1.71. The molecule has 1 aromatic heterocycles. The van der Waals surface area contributed by atoms with Gasteiger partial charge in [-0.3, -0.25) is 35.9 Å². The van der Waals surface area contributed by atoms with E-state index in [2.05, 4.69) is 26.1 Å². The molecule has 34 heavy (non-hydrogen) atoms. The minimum atomic E-state index is -4.54. The standard InChI is InChI=1S/C19H14F3N7O5/c20-19(21,22)12-3-5-13(6-4-12)25-17-16(29(33)34)18(24-10-23-17)27-26-15(30)9-11-1-7-14(8-2-11)28(31)32/h1-8,10H,9H2,(H,26,30)(H2,23,24,25,27). The molecule has 0 radical (unpaired) electrons. The second-order valence-corrected chi connectivity index (χ2v) is 6.65. The average Bonchev–Trinajstić information content (AvgIpc) is 2.77. The zero-order valence-electron chi connectivity index (χ0n) is 16.9. The number of hydrazine groups is 1. The van der Waals surface area contributed by atoms with Gasteiger partial charge in [-0.2, -0.15) is 13.2 Å². The maximum Gasteiger partial charge on any atom is 0.416 e. The van der Waals surface area contributed by atoms with Crippen molar-refractivity contribution in [2.24, 2.45) is 0 Å². The molecule has 3 rings (SSSR count). The quantitative estimate of drug-likeness (QED) is 0.324. The molecule has 0 fully saturated rings.